The average Bonchev–Trinajstić information content (AvgIpc) is 2.96. The zero-order chi connectivity index (χ0) is 28.1. The van der Waals surface area contributed by atoms with Crippen LogP contribution in [-0.2, 0) is 14.4 Å². The molecular formula is C30H44O7. The van der Waals surface area contributed by atoms with E-state index in [1.165, 1.54) is 32.9 Å². The fourth-order valence-electron chi connectivity index (χ4n) is 9.00. The van der Waals surface area contributed by atoms with Gasteiger partial charge in [0.2, 0.25) is 0 Å². The molecule has 3 fully saturated rings. The second-order valence-corrected chi connectivity index (χ2v) is 14.2. The summed E-state index contributed by atoms with van der Waals surface area (Å²) < 4.78 is 0. The third-order valence-electron chi connectivity index (χ3n) is 11.1. The van der Waals surface area contributed by atoms with E-state index in [1.807, 2.05) is 27.7 Å². The summed E-state index contributed by atoms with van der Waals surface area (Å²) in [6, 6.07) is 0. The standard InChI is InChI=1S/C30H44O7/c1-25(2,36)12-11-21(33)30(8,37)23-19(32)14-27(5)20-10-9-16-17(13-18(31)24(35)26(16,3)4)29(20,7)22(34)15-28(23,27)6/h9,11-12,17-20,23,31-32,36-37H,10,13-15H2,1-8H3/b12-11+/t17-,18+,19-,20-,23+,27+,28-,29+,30+/m1/s1. The molecule has 0 aromatic rings. The Balaban J connectivity index is 1.80. The van der Waals surface area contributed by atoms with Gasteiger partial charge in [-0.05, 0) is 82.6 Å². The van der Waals surface area contributed by atoms with E-state index in [0.717, 1.165) is 5.57 Å². The van der Waals surface area contributed by atoms with Crippen molar-refractivity contribution in [2.24, 2.45) is 39.4 Å². The highest BCUT2D eigenvalue weighted by molar-refractivity contribution is 5.98. The highest BCUT2D eigenvalue weighted by Gasteiger charge is 2.74. The van der Waals surface area contributed by atoms with E-state index in [0.29, 0.717) is 12.8 Å². The first-order chi connectivity index (χ1) is 16.7. The van der Waals surface area contributed by atoms with Crippen LogP contribution in [-0.4, -0.2) is 61.2 Å². The molecule has 9 atom stereocenters. The summed E-state index contributed by atoms with van der Waals surface area (Å²) in [4.78, 5) is 40.2. The van der Waals surface area contributed by atoms with Gasteiger partial charge in [-0.2, -0.15) is 0 Å². The predicted molar refractivity (Wildman–Crippen MR) is 138 cm³/mol. The third kappa shape index (κ3) is 3.71. The van der Waals surface area contributed by atoms with Crippen molar-refractivity contribution < 1.29 is 34.8 Å². The van der Waals surface area contributed by atoms with Gasteiger partial charge in [0.25, 0.3) is 0 Å². The molecule has 4 aliphatic rings. The minimum absolute atomic E-state index is 0.0141. The number of hydrogen-bond donors (Lipinski definition) is 4. The molecule has 0 aromatic carbocycles. The van der Waals surface area contributed by atoms with Gasteiger partial charge in [0.15, 0.2) is 11.6 Å². The van der Waals surface area contributed by atoms with Crippen LogP contribution < -0.4 is 0 Å². The minimum atomic E-state index is -1.95. The summed E-state index contributed by atoms with van der Waals surface area (Å²) in [5.74, 6) is -2.24. The van der Waals surface area contributed by atoms with Crippen molar-refractivity contribution in [1.82, 2.24) is 0 Å². The Morgan fingerprint density at radius 2 is 1.62 bits per heavy atom. The summed E-state index contributed by atoms with van der Waals surface area (Å²) in [5, 5.41) is 43.7. The van der Waals surface area contributed by atoms with E-state index in [-0.39, 0.29) is 36.2 Å². The molecule has 0 amide bonds. The number of rotatable bonds is 4. The maximum Gasteiger partial charge on any atom is 0.187 e. The molecule has 0 spiro atoms. The molecule has 0 aliphatic heterocycles. The third-order valence-corrected chi connectivity index (χ3v) is 11.1. The lowest BCUT2D eigenvalue weighted by molar-refractivity contribution is -0.183. The number of carbonyl (C=O) groups excluding carboxylic acids is 3. The Hall–Kier alpha value is -1.67. The van der Waals surface area contributed by atoms with Crippen molar-refractivity contribution in [3.05, 3.63) is 23.8 Å². The monoisotopic (exact) mass is 516 g/mol. The van der Waals surface area contributed by atoms with Crippen LogP contribution in [0, 0.1) is 39.4 Å². The molecule has 37 heavy (non-hydrogen) atoms. The predicted octanol–water partition coefficient (Wildman–Crippen LogP) is 2.93. The number of Topliss-reactive ketones (excluding diaryl/α,β-unsaturated/α-hetero) is 2. The molecule has 7 nitrogen and oxygen atoms in total. The molecule has 0 aromatic heterocycles. The second-order valence-electron chi connectivity index (χ2n) is 14.2. The first-order valence-electron chi connectivity index (χ1n) is 13.5. The van der Waals surface area contributed by atoms with Crippen LogP contribution in [0.3, 0.4) is 0 Å². The van der Waals surface area contributed by atoms with Crippen LogP contribution in [0.15, 0.2) is 23.8 Å². The SMILES string of the molecule is CC(C)(O)/C=C/C(=O)[C@](C)(O)[C@H]1[C@H](O)C[C@@]2(C)[C@H]3CC=C4[C@@H](C[C@H](O)C(=O)C4(C)C)[C@]3(C)C(=O)C[C@]12C. The minimum Gasteiger partial charge on any atom is -0.393 e. The Bertz CT molecular complexity index is 1090. The van der Waals surface area contributed by atoms with Gasteiger partial charge in [0, 0.05) is 23.2 Å². The summed E-state index contributed by atoms with van der Waals surface area (Å²) in [5.41, 5.74) is -5.46. The molecule has 3 saturated carbocycles. The van der Waals surface area contributed by atoms with Gasteiger partial charge in [0.1, 0.15) is 17.5 Å². The molecular weight excluding hydrogens is 472 g/mol. The largest absolute Gasteiger partial charge is 0.393 e. The van der Waals surface area contributed by atoms with E-state index >= 15 is 0 Å². The number of hydrogen-bond acceptors (Lipinski definition) is 7. The molecule has 0 bridgehead atoms. The van der Waals surface area contributed by atoms with Gasteiger partial charge < -0.3 is 20.4 Å². The fraction of sp³-hybridized carbons (Fsp3) is 0.767. The second kappa shape index (κ2) is 8.17. The zero-order valence-corrected chi connectivity index (χ0v) is 23.5. The number of aliphatic hydroxyl groups is 4. The number of ketones is 3. The molecule has 0 saturated heterocycles. The molecule has 4 aliphatic carbocycles. The Morgan fingerprint density at radius 1 is 1.03 bits per heavy atom. The van der Waals surface area contributed by atoms with Gasteiger partial charge in [0.05, 0.1) is 11.7 Å². The number of fused-ring (bicyclic) bond motifs is 5. The molecule has 0 radical (unpaired) electrons. The van der Waals surface area contributed by atoms with Gasteiger partial charge in [-0.25, -0.2) is 0 Å². The topological polar surface area (TPSA) is 132 Å². The quantitative estimate of drug-likeness (QED) is 0.334. The van der Waals surface area contributed by atoms with Crippen LogP contribution in [0.25, 0.3) is 0 Å². The van der Waals surface area contributed by atoms with Crippen molar-refractivity contribution in [3.63, 3.8) is 0 Å². The molecule has 0 unspecified atom stereocenters. The zero-order valence-electron chi connectivity index (χ0n) is 23.5. The van der Waals surface area contributed by atoms with Gasteiger partial charge in [-0.3, -0.25) is 14.4 Å². The first-order valence-corrected chi connectivity index (χ1v) is 13.5. The molecule has 0 heterocycles. The lowest BCUT2D eigenvalue weighted by atomic mass is 9.38. The van der Waals surface area contributed by atoms with Crippen LogP contribution in [0.5, 0.6) is 0 Å². The van der Waals surface area contributed by atoms with Crippen LogP contribution >= 0.6 is 0 Å². The summed E-state index contributed by atoms with van der Waals surface area (Å²) in [6.45, 7) is 14.0. The lowest BCUT2D eigenvalue weighted by Gasteiger charge is -2.64. The van der Waals surface area contributed by atoms with Crippen molar-refractivity contribution in [2.45, 2.75) is 104 Å². The normalized spacial score (nSPS) is 45.1. The van der Waals surface area contributed by atoms with E-state index < -0.39 is 56.8 Å². The van der Waals surface area contributed by atoms with Gasteiger partial charge in [-0.1, -0.05) is 38.5 Å². The summed E-state index contributed by atoms with van der Waals surface area (Å²) >= 11 is 0. The smallest absolute Gasteiger partial charge is 0.187 e. The lowest BCUT2D eigenvalue weighted by Crippen LogP contribution is -2.65. The van der Waals surface area contributed by atoms with Crippen molar-refractivity contribution in [3.8, 4) is 0 Å². The fourth-order valence-corrected chi connectivity index (χ4v) is 9.00. The molecule has 206 valence electrons. The summed E-state index contributed by atoms with van der Waals surface area (Å²) in [6.07, 6.45) is 3.54. The van der Waals surface area contributed by atoms with Crippen LogP contribution in [0.4, 0.5) is 0 Å². The van der Waals surface area contributed by atoms with Crippen LogP contribution in [0.2, 0.25) is 0 Å². The molecule has 4 N–H and O–H groups in total. The molecule has 4 rings (SSSR count). The van der Waals surface area contributed by atoms with E-state index in [9.17, 15) is 34.8 Å². The Kier molecular flexibility index (Phi) is 6.26. The van der Waals surface area contributed by atoms with Gasteiger partial charge in [-0.15, -0.1) is 0 Å². The first kappa shape index (κ1) is 28.3. The van der Waals surface area contributed by atoms with Gasteiger partial charge >= 0.3 is 0 Å². The van der Waals surface area contributed by atoms with E-state index in [1.54, 1.807) is 0 Å². The number of allylic oxidation sites excluding steroid dienone is 2. The number of aliphatic hydroxyl groups excluding tert-OH is 2. The highest BCUT2D eigenvalue weighted by Crippen LogP contribution is 2.74. The summed E-state index contributed by atoms with van der Waals surface area (Å²) in [7, 11) is 0. The maximum absolute atomic E-state index is 14.2. The van der Waals surface area contributed by atoms with E-state index in [4.69, 9.17) is 0 Å². The van der Waals surface area contributed by atoms with E-state index in [2.05, 4.69) is 13.0 Å². The number of carbonyl (C=O) groups is 3. The van der Waals surface area contributed by atoms with Crippen molar-refractivity contribution in [1.29, 1.82) is 0 Å². The highest BCUT2D eigenvalue weighted by atomic mass is 16.3. The van der Waals surface area contributed by atoms with Crippen LogP contribution in [0.1, 0.15) is 81.1 Å². The van der Waals surface area contributed by atoms with Crippen molar-refractivity contribution in [2.75, 3.05) is 0 Å². The maximum atomic E-state index is 14.2. The average molecular weight is 517 g/mol. The van der Waals surface area contributed by atoms with Crippen molar-refractivity contribution >= 4 is 17.3 Å². The Morgan fingerprint density at radius 3 is 2.19 bits per heavy atom. The molecule has 7 heteroatoms. The Labute approximate surface area is 220 Å².